The Labute approximate surface area is 178 Å². The van der Waals surface area contributed by atoms with Gasteiger partial charge in [0.25, 0.3) is 5.89 Å². The van der Waals surface area contributed by atoms with E-state index in [1.165, 1.54) is 17.3 Å². The van der Waals surface area contributed by atoms with Crippen LogP contribution in [-0.4, -0.2) is 26.8 Å². The zero-order chi connectivity index (χ0) is 20.8. The summed E-state index contributed by atoms with van der Waals surface area (Å²) in [7, 11) is 0. The van der Waals surface area contributed by atoms with E-state index < -0.39 is 0 Å². The number of rotatable bonds is 7. The van der Waals surface area contributed by atoms with Gasteiger partial charge in [-0.25, -0.2) is 4.98 Å². The number of nitrogens with zero attached hydrogens (tertiary/aromatic N) is 3. The summed E-state index contributed by atoms with van der Waals surface area (Å²) in [6.45, 7) is 2.54. The predicted octanol–water partition coefficient (Wildman–Crippen LogP) is 4.52. The largest absolute Gasteiger partial charge is 0.351 e. The molecule has 0 aliphatic carbocycles. The molecule has 0 aliphatic rings. The second-order valence-electron chi connectivity index (χ2n) is 6.72. The molecule has 2 aromatic carbocycles. The Bertz CT molecular complexity index is 1130. The molecule has 30 heavy (non-hydrogen) atoms. The molecule has 0 atom stereocenters. The minimum Gasteiger partial charge on any atom is -0.351 e. The molecule has 0 saturated heterocycles. The second-order valence-corrected chi connectivity index (χ2v) is 7.72. The second kappa shape index (κ2) is 9.37. The Kier molecular flexibility index (Phi) is 6.20. The number of carbonyl (C=O) groups excluding carboxylic acids is 1. The monoisotopic (exact) mass is 416 g/mol. The fourth-order valence-corrected chi connectivity index (χ4v) is 3.50. The Balaban J connectivity index is 1.37. The van der Waals surface area contributed by atoms with Gasteiger partial charge in [-0.2, -0.15) is 4.98 Å². The number of benzene rings is 2. The first-order chi connectivity index (χ1) is 14.7. The summed E-state index contributed by atoms with van der Waals surface area (Å²) in [4.78, 5) is 20.9. The summed E-state index contributed by atoms with van der Waals surface area (Å²) in [6.07, 6.45) is 1.68. The summed E-state index contributed by atoms with van der Waals surface area (Å²) in [5, 5.41) is 7.70. The highest BCUT2D eigenvalue weighted by molar-refractivity contribution is 7.99. The zero-order valence-corrected chi connectivity index (χ0v) is 17.2. The number of thioether (sulfide) groups is 1. The molecule has 2 heterocycles. The lowest BCUT2D eigenvalue weighted by Crippen LogP contribution is -2.24. The first-order valence-electron chi connectivity index (χ1n) is 9.48. The molecular weight excluding hydrogens is 396 g/mol. The van der Waals surface area contributed by atoms with Crippen LogP contribution >= 0.6 is 11.8 Å². The number of pyridine rings is 1. The molecule has 7 heteroatoms. The Morgan fingerprint density at radius 1 is 1.03 bits per heavy atom. The van der Waals surface area contributed by atoms with Crippen LogP contribution in [-0.2, 0) is 11.3 Å². The van der Waals surface area contributed by atoms with Gasteiger partial charge in [0, 0.05) is 23.9 Å². The lowest BCUT2D eigenvalue weighted by Gasteiger charge is -2.05. The lowest BCUT2D eigenvalue weighted by molar-refractivity contribution is -0.118. The Morgan fingerprint density at radius 2 is 1.83 bits per heavy atom. The van der Waals surface area contributed by atoms with Crippen LogP contribution in [0.25, 0.3) is 22.8 Å². The van der Waals surface area contributed by atoms with Gasteiger partial charge in [0.15, 0.2) is 0 Å². The molecule has 0 radical (unpaired) electrons. The fourth-order valence-electron chi connectivity index (χ4n) is 2.77. The molecule has 6 nitrogen and oxygen atoms in total. The van der Waals surface area contributed by atoms with E-state index >= 15 is 0 Å². The highest BCUT2D eigenvalue weighted by Crippen LogP contribution is 2.25. The molecule has 1 amide bonds. The summed E-state index contributed by atoms with van der Waals surface area (Å²) < 4.78 is 5.43. The minimum atomic E-state index is -0.0458. The lowest BCUT2D eigenvalue weighted by atomic mass is 10.1. The number of amides is 1. The van der Waals surface area contributed by atoms with Crippen LogP contribution in [0.4, 0.5) is 0 Å². The van der Waals surface area contributed by atoms with E-state index in [9.17, 15) is 4.79 Å². The highest BCUT2D eigenvalue weighted by Gasteiger charge is 2.12. The summed E-state index contributed by atoms with van der Waals surface area (Å²) in [5.74, 6) is 1.19. The summed E-state index contributed by atoms with van der Waals surface area (Å²) in [6, 6.07) is 21.4. The quantitative estimate of drug-likeness (QED) is 0.446. The maximum absolute atomic E-state index is 12.1. The molecule has 4 aromatic rings. The number of nitrogens with one attached hydrogen (secondary N) is 1. The fraction of sp³-hybridized carbons (Fsp3) is 0.130. The van der Waals surface area contributed by atoms with Crippen molar-refractivity contribution in [3.05, 3.63) is 84.1 Å². The zero-order valence-electron chi connectivity index (χ0n) is 16.4. The first-order valence-corrected chi connectivity index (χ1v) is 10.5. The molecule has 0 fully saturated rings. The van der Waals surface area contributed by atoms with Crippen molar-refractivity contribution in [1.82, 2.24) is 20.4 Å². The predicted molar refractivity (Wildman–Crippen MR) is 117 cm³/mol. The van der Waals surface area contributed by atoms with Gasteiger partial charge >= 0.3 is 0 Å². The number of hydrogen-bond acceptors (Lipinski definition) is 6. The Morgan fingerprint density at radius 3 is 2.63 bits per heavy atom. The van der Waals surface area contributed by atoms with E-state index in [-0.39, 0.29) is 11.7 Å². The van der Waals surface area contributed by atoms with Gasteiger partial charge in [0.05, 0.1) is 10.8 Å². The summed E-state index contributed by atoms with van der Waals surface area (Å²) in [5.41, 5.74) is 3.90. The van der Waals surface area contributed by atoms with Crippen molar-refractivity contribution >= 4 is 17.7 Å². The van der Waals surface area contributed by atoms with Crippen molar-refractivity contribution in [2.75, 3.05) is 5.75 Å². The van der Waals surface area contributed by atoms with E-state index in [0.717, 1.165) is 21.7 Å². The van der Waals surface area contributed by atoms with Crippen molar-refractivity contribution in [2.45, 2.75) is 18.5 Å². The molecular formula is C23H20N4O2S. The van der Waals surface area contributed by atoms with E-state index in [1.807, 2.05) is 73.7 Å². The van der Waals surface area contributed by atoms with Crippen LogP contribution in [0.15, 0.2) is 82.5 Å². The van der Waals surface area contributed by atoms with Gasteiger partial charge in [0.1, 0.15) is 0 Å². The highest BCUT2D eigenvalue weighted by atomic mass is 32.2. The van der Waals surface area contributed by atoms with Crippen LogP contribution in [0.1, 0.15) is 11.1 Å². The van der Waals surface area contributed by atoms with Crippen molar-refractivity contribution in [1.29, 1.82) is 0 Å². The van der Waals surface area contributed by atoms with Crippen LogP contribution in [0, 0.1) is 6.92 Å². The Hall–Kier alpha value is -3.45. The first kappa shape index (κ1) is 19.8. The van der Waals surface area contributed by atoms with Gasteiger partial charge in [-0.1, -0.05) is 77.1 Å². The molecule has 150 valence electrons. The van der Waals surface area contributed by atoms with Gasteiger partial charge in [-0.05, 0) is 24.6 Å². The van der Waals surface area contributed by atoms with Crippen molar-refractivity contribution in [3.63, 3.8) is 0 Å². The molecule has 0 spiro atoms. The van der Waals surface area contributed by atoms with E-state index in [2.05, 4.69) is 20.4 Å². The minimum absolute atomic E-state index is 0.0458. The van der Waals surface area contributed by atoms with Crippen LogP contribution in [0.5, 0.6) is 0 Å². The molecule has 0 aliphatic heterocycles. The average molecular weight is 417 g/mol. The van der Waals surface area contributed by atoms with E-state index in [1.54, 1.807) is 6.20 Å². The van der Waals surface area contributed by atoms with Gasteiger partial charge < -0.3 is 9.84 Å². The van der Waals surface area contributed by atoms with Crippen LogP contribution < -0.4 is 5.32 Å². The third-order valence-electron chi connectivity index (χ3n) is 4.40. The third-order valence-corrected chi connectivity index (χ3v) is 5.33. The molecule has 4 rings (SSSR count). The van der Waals surface area contributed by atoms with Crippen molar-refractivity contribution < 1.29 is 9.32 Å². The van der Waals surface area contributed by atoms with Crippen molar-refractivity contribution in [3.8, 4) is 22.8 Å². The van der Waals surface area contributed by atoms with Gasteiger partial charge in [-0.15, -0.1) is 0 Å². The van der Waals surface area contributed by atoms with Crippen LogP contribution in [0.3, 0.4) is 0 Å². The van der Waals surface area contributed by atoms with Crippen LogP contribution in [0.2, 0.25) is 0 Å². The maximum Gasteiger partial charge on any atom is 0.258 e. The number of hydrogen-bond donors (Lipinski definition) is 1. The number of aryl methyl sites for hydroxylation is 1. The smallest absolute Gasteiger partial charge is 0.258 e. The van der Waals surface area contributed by atoms with Crippen molar-refractivity contribution in [2.24, 2.45) is 0 Å². The number of carbonyl (C=O) groups is 1. The maximum atomic E-state index is 12.1. The van der Waals surface area contributed by atoms with E-state index in [4.69, 9.17) is 4.52 Å². The molecule has 0 unspecified atom stereocenters. The van der Waals surface area contributed by atoms with Gasteiger partial charge in [0.2, 0.25) is 11.7 Å². The third kappa shape index (κ3) is 5.12. The number of aromatic nitrogens is 3. The topological polar surface area (TPSA) is 80.9 Å². The molecule has 0 bridgehead atoms. The SMILES string of the molecule is Cc1ccc(-c2noc(-c3ccnc(SCC(=O)NCc4ccccc4)c3)n2)cc1. The molecule has 0 saturated carbocycles. The molecule has 2 aromatic heterocycles. The normalized spacial score (nSPS) is 10.7. The average Bonchev–Trinajstić information content (AvgIpc) is 3.28. The molecule has 1 N–H and O–H groups in total. The standard InChI is InChI=1S/C23H20N4O2S/c1-16-7-9-18(10-8-16)22-26-23(29-27-22)19-11-12-24-21(13-19)30-15-20(28)25-14-17-5-3-2-4-6-17/h2-13H,14-15H2,1H3,(H,25,28). The van der Waals surface area contributed by atoms with Gasteiger partial charge in [-0.3, -0.25) is 4.79 Å². The summed E-state index contributed by atoms with van der Waals surface area (Å²) >= 11 is 1.36. The van der Waals surface area contributed by atoms with E-state index in [0.29, 0.717) is 18.3 Å².